The van der Waals surface area contributed by atoms with E-state index in [0.717, 1.165) is 6.07 Å². The Morgan fingerprint density at radius 1 is 1.00 bits per heavy atom. The third-order valence-electron chi connectivity index (χ3n) is 6.74. The largest absolute Gasteiger partial charge is 0.495 e. The summed E-state index contributed by atoms with van der Waals surface area (Å²) in [5, 5.41) is 0.0600. The van der Waals surface area contributed by atoms with Crippen LogP contribution in [0.15, 0.2) is 59.7 Å². The van der Waals surface area contributed by atoms with E-state index in [9.17, 15) is 14.0 Å². The van der Waals surface area contributed by atoms with Crippen molar-refractivity contribution >= 4 is 28.4 Å². The summed E-state index contributed by atoms with van der Waals surface area (Å²) < 4.78 is 40.0. The smallest absolute Gasteiger partial charge is 0.200 e. The van der Waals surface area contributed by atoms with Gasteiger partial charge >= 0.3 is 0 Å². The van der Waals surface area contributed by atoms with E-state index in [1.165, 1.54) is 43.8 Å². The van der Waals surface area contributed by atoms with Crippen molar-refractivity contribution in [1.29, 1.82) is 0 Å². The van der Waals surface area contributed by atoms with Crippen LogP contribution < -0.4 is 14.9 Å². The maximum atomic E-state index is 15.3. The second kappa shape index (κ2) is 11.1. The molecule has 0 spiro atoms. The number of hydrogen-bond donors (Lipinski definition) is 1. The summed E-state index contributed by atoms with van der Waals surface area (Å²) >= 11 is 6.44. The minimum atomic E-state index is -0.735. The van der Waals surface area contributed by atoms with Crippen LogP contribution in [0.1, 0.15) is 32.9 Å². The standard InChI is InChI=1S/C31H24ClF2N3O4/c1-15-9-19(33)5-6-21(15)28-16(2)37-17(3)29(31(28)39)25(38)11-18-10-22(32)27(13-23(18)34)41-26-7-8-35-24-12-20(40-4)14-36-30(24)26/h5-10,12-14H,11H2,1-4H3,(H,37,39). The van der Waals surface area contributed by atoms with Gasteiger partial charge in [-0.05, 0) is 55.7 Å². The third kappa shape index (κ3) is 5.40. The molecule has 5 aromatic rings. The molecule has 0 bridgehead atoms. The van der Waals surface area contributed by atoms with Crippen LogP contribution in [0.3, 0.4) is 0 Å². The van der Waals surface area contributed by atoms with Gasteiger partial charge in [0, 0.05) is 47.8 Å². The number of aryl methyl sites for hydroxylation is 3. The van der Waals surface area contributed by atoms with Crippen molar-refractivity contribution in [2.45, 2.75) is 27.2 Å². The first kappa shape index (κ1) is 27.9. The molecule has 0 radical (unpaired) electrons. The van der Waals surface area contributed by atoms with E-state index in [4.69, 9.17) is 21.1 Å². The van der Waals surface area contributed by atoms with Crippen molar-refractivity contribution in [3.63, 3.8) is 0 Å². The zero-order valence-electron chi connectivity index (χ0n) is 22.6. The average Bonchev–Trinajstić information content (AvgIpc) is 2.92. The predicted molar refractivity (Wildman–Crippen MR) is 152 cm³/mol. The molecule has 41 heavy (non-hydrogen) atoms. The van der Waals surface area contributed by atoms with Crippen LogP contribution >= 0.6 is 11.6 Å². The van der Waals surface area contributed by atoms with E-state index >= 15 is 4.39 Å². The Morgan fingerprint density at radius 3 is 2.51 bits per heavy atom. The number of H-pyrrole nitrogens is 1. The Morgan fingerprint density at radius 2 is 1.78 bits per heavy atom. The van der Waals surface area contributed by atoms with Gasteiger partial charge in [0.1, 0.15) is 28.7 Å². The number of ketones is 1. The maximum absolute atomic E-state index is 15.3. The SMILES string of the molecule is COc1cnc2c(Oc3cc(F)c(CC(=O)c4c(C)[nH]c(C)c(-c5ccc(F)cc5C)c4=O)cc3Cl)ccnc2c1. The highest BCUT2D eigenvalue weighted by Gasteiger charge is 2.23. The van der Waals surface area contributed by atoms with Gasteiger partial charge in [-0.1, -0.05) is 17.7 Å². The lowest BCUT2D eigenvalue weighted by Gasteiger charge is -2.14. The maximum Gasteiger partial charge on any atom is 0.200 e. The highest BCUT2D eigenvalue weighted by Crippen LogP contribution is 2.35. The van der Waals surface area contributed by atoms with Crippen LogP contribution in [-0.2, 0) is 6.42 Å². The number of nitrogens with one attached hydrogen (secondary N) is 1. The summed E-state index contributed by atoms with van der Waals surface area (Å²) in [5.41, 5.74) is 2.50. The molecule has 0 atom stereocenters. The first-order valence-corrected chi connectivity index (χ1v) is 12.9. The highest BCUT2D eigenvalue weighted by molar-refractivity contribution is 6.32. The lowest BCUT2D eigenvalue weighted by Crippen LogP contribution is -2.23. The molecule has 0 saturated carbocycles. The van der Waals surface area contributed by atoms with Gasteiger partial charge in [-0.2, -0.15) is 0 Å². The molecule has 0 fully saturated rings. The van der Waals surface area contributed by atoms with Crippen LogP contribution in [0.2, 0.25) is 5.02 Å². The van der Waals surface area contributed by atoms with E-state index in [1.54, 1.807) is 32.9 Å². The van der Waals surface area contributed by atoms with Crippen molar-refractivity contribution in [1.82, 2.24) is 15.0 Å². The molecule has 0 saturated heterocycles. The third-order valence-corrected chi connectivity index (χ3v) is 7.03. The van der Waals surface area contributed by atoms with Gasteiger partial charge in [0.05, 0.1) is 29.4 Å². The number of pyridine rings is 3. The fraction of sp³-hybridized carbons (Fsp3) is 0.161. The van der Waals surface area contributed by atoms with Crippen LogP contribution in [0, 0.1) is 32.4 Å². The molecular formula is C31H24ClF2N3O4. The zero-order chi connectivity index (χ0) is 29.4. The lowest BCUT2D eigenvalue weighted by molar-refractivity contribution is 0.0989. The van der Waals surface area contributed by atoms with Crippen molar-refractivity contribution in [3.8, 4) is 28.4 Å². The number of fused-ring (bicyclic) bond motifs is 1. The Bertz CT molecular complexity index is 1910. The van der Waals surface area contributed by atoms with Crippen molar-refractivity contribution in [2.24, 2.45) is 0 Å². The van der Waals surface area contributed by atoms with E-state index in [2.05, 4.69) is 15.0 Å². The summed E-state index contributed by atoms with van der Waals surface area (Å²) in [6.07, 6.45) is 2.60. The molecule has 3 aromatic heterocycles. The van der Waals surface area contributed by atoms with Gasteiger partial charge in [0.2, 0.25) is 5.43 Å². The number of halogens is 3. The molecule has 1 N–H and O–H groups in total. The number of aromatic amines is 1. The molecule has 3 heterocycles. The van der Waals surface area contributed by atoms with Gasteiger partial charge in [-0.15, -0.1) is 0 Å². The van der Waals surface area contributed by atoms with Gasteiger partial charge in [-0.25, -0.2) is 13.8 Å². The second-order valence-corrected chi connectivity index (χ2v) is 9.95. The zero-order valence-corrected chi connectivity index (χ0v) is 23.3. The summed E-state index contributed by atoms with van der Waals surface area (Å²) in [7, 11) is 1.51. The van der Waals surface area contributed by atoms with Crippen molar-refractivity contribution < 1.29 is 23.0 Å². The molecule has 7 nitrogen and oxygen atoms in total. The fourth-order valence-electron chi connectivity index (χ4n) is 4.78. The number of methoxy groups -OCH3 is 1. The molecule has 10 heteroatoms. The van der Waals surface area contributed by atoms with Gasteiger partial charge in [0.15, 0.2) is 11.5 Å². The van der Waals surface area contributed by atoms with E-state index < -0.39 is 29.3 Å². The minimum absolute atomic E-state index is 0.00585. The molecule has 5 rings (SSSR count). The number of ether oxygens (including phenoxy) is 2. The monoisotopic (exact) mass is 575 g/mol. The van der Waals surface area contributed by atoms with E-state index in [-0.39, 0.29) is 27.5 Å². The second-order valence-electron chi connectivity index (χ2n) is 9.54. The van der Waals surface area contributed by atoms with Gasteiger partial charge < -0.3 is 14.5 Å². The van der Waals surface area contributed by atoms with Crippen molar-refractivity contribution in [3.05, 3.63) is 110 Å². The first-order valence-electron chi connectivity index (χ1n) is 12.5. The van der Waals surface area contributed by atoms with Crippen LogP contribution in [0.25, 0.3) is 22.2 Å². The lowest BCUT2D eigenvalue weighted by atomic mass is 9.93. The number of nitrogens with zero attached hydrogens (tertiary/aromatic N) is 2. The molecule has 0 amide bonds. The molecular weight excluding hydrogens is 552 g/mol. The van der Waals surface area contributed by atoms with Crippen molar-refractivity contribution in [2.75, 3.05) is 7.11 Å². The number of hydrogen-bond acceptors (Lipinski definition) is 6. The summed E-state index contributed by atoms with van der Waals surface area (Å²) in [4.78, 5) is 38.5. The topological polar surface area (TPSA) is 94.2 Å². The molecule has 0 aliphatic heterocycles. The molecule has 2 aromatic carbocycles. The number of rotatable bonds is 7. The van der Waals surface area contributed by atoms with Gasteiger partial charge in [0.25, 0.3) is 0 Å². The first-order chi connectivity index (χ1) is 19.6. The molecule has 0 aliphatic rings. The quantitative estimate of drug-likeness (QED) is 0.209. The molecule has 0 unspecified atom stereocenters. The van der Waals surface area contributed by atoms with Crippen LogP contribution in [0.5, 0.6) is 17.2 Å². The Kier molecular flexibility index (Phi) is 7.55. The Labute approximate surface area is 238 Å². The number of Topliss-reactive ketones (excluding diaryl/α,β-unsaturated/α-hetero) is 1. The fourth-order valence-corrected chi connectivity index (χ4v) is 5.01. The minimum Gasteiger partial charge on any atom is -0.495 e. The molecule has 208 valence electrons. The summed E-state index contributed by atoms with van der Waals surface area (Å²) in [5.74, 6) is -0.926. The summed E-state index contributed by atoms with van der Waals surface area (Å²) in [6, 6.07) is 9.71. The number of benzene rings is 2. The van der Waals surface area contributed by atoms with E-state index in [1.807, 2.05) is 0 Å². The highest BCUT2D eigenvalue weighted by atomic mass is 35.5. The predicted octanol–water partition coefficient (Wildman–Crippen LogP) is 7.07. The normalized spacial score (nSPS) is 11.1. The average molecular weight is 576 g/mol. The van der Waals surface area contributed by atoms with Crippen LogP contribution in [-0.4, -0.2) is 27.8 Å². The molecule has 0 aliphatic carbocycles. The Hall–Kier alpha value is -4.63. The van der Waals surface area contributed by atoms with E-state index in [0.29, 0.717) is 45.0 Å². The number of carbonyl (C=O) groups is 1. The number of carbonyl (C=O) groups excluding carboxylic acids is 1. The summed E-state index contributed by atoms with van der Waals surface area (Å²) in [6.45, 7) is 4.99. The number of aromatic nitrogens is 3. The van der Waals surface area contributed by atoms with Crippen LogP contribution in [0.4, 0.5) is 8.78 Å². The Balaban J connectivity index is 1.46. The van der Waals surface area contributed by atoms with Gasteiger partial charge in [-0.3, -0.25) is 14.6 Å².